The number of benzene rings is 1. The van der Waals surface area contributed by atoms with E-state index in [1.165, 1.54) is 0 Å². The van der Waals surface area contributed by atoms with E-state index < -0.39 is 12.0 Å². The summed E-state index contributed by atoms with van der Waals surface area (Å²) >= 11 is 0. The summed E-state index contributed by atoms with van der Waals surface area (Å²) < 4.78 is 10.6. The molecule has 1 aromatic rings. The van der Waals surface area contributed by atoms with Crippen LogP contribution in [0.15, 0.2) is 35.5 Å². The fraction of sp³-hybridized carbons (Fsp3) is 0.375. The number of urea groups is 1. The second kappa shape index (κ2) is 6.51. The molecule has 1 heterocycles. The van der Waals surface area contributed by atoms with Crippen molar-refractivity contribution in [2.24, 2.45) is 0 Å². The predicted octanol–water partition coefficient (Wildman–Crippen LogP) is 2.27. The Kier molecular flexibility index (Phi) is 4.70. The molecule has 0 aromatic heterocycles. The van der Waals surface area contributed by atoms with Crippen molar-refractivity contribution in [3.63, 3.8) is 0 Å². The molecule has 0 aliphatic carbocycles. The van der Waals surface area contributed by atoms with E-state index in [-0.39, 0.29) is 12.1 Å². The summed E-state index contributed by atoms with van der Waals surface area (Å²) in [5.41, 5.74) is 1.55. The maximum atomic E-state index is 12.4. The van der Waals surface area contributed by atoms with Crippen molar-refractivity contribution in [1.82, 2.24) is 10.6 Å². The number of carbonyl (C=O) groups is 2. The zero-order valence-electron chi connectivity index (χ0n) is 13.1. The van der Waals surface area contributed by atoms with Gasteiger partial charge in [0.1, 0.15) is 5.75 Å². The highest BCUT2D eigenvalue weighted by Gasteiger charge is 2.34. The summed E-state index contributed by atoms with van der Waals surface area (Å²) in [4.78, 5) is 24.2. The highest BCUT2D eigenvalue weighted by molar-refractivity contribution is 5.95. The smallest absolute Gasteiger partial charge is 0.338 e. The lowest BCUT2D eigenvalue weighted by Crippen LogP contribution is -2.45. The van der Waals surface area contributed by atoms with Gasteiger partial charge >= 0.3 is 12.0 Å². The zero-order chi connectivity index (χ0) is 16.3. The molecule has 118 valence electrons. The maximum absolute atomic E-state index is 12.4. The lowest BCUT2D eigenvalue weighted by molar-refractivity contribution is -0.143. The van der Waals surface area contributed by atoms with E-state index in [0.29, 0.717) is 22.6 Å². The minimum absolute atomic E-state index is 0.247. The van der Waals surface area contributed by atoms with E-state index in [9.17, 15) is 9.59 Å². The lowest BCUT2D eigenvalue weighted by Gasteiger charge is -2.29. The number of esters is 1. The molecule has 2 N–H and O–H groups in total. The Balaban J connectivity index is 2.48. The Morgan fingerprint density at radius 2 is 1.95 bits per heavy atom. The summed E-state index contributed by atoms with van der Waals surface area (Å²) in [6, 6.07) is 6.27. The largest absolute Gasteiger partial charge is 0.496 e. The second-order valence-corrected chi connectivity index (χ2v) is 5.27. The SMILES string of the molecule is COc1ccccc1[C@H]1NC(=O)NC(C)=C1C(=O)OC(C)C. The molecule has 0 bridgehead atoms. The zero-order valence-corrected chi connectivity index (χ0v) is 13.1. The number of para-hydroxylation sites is 1. The number of nitrogens with one attached hydrogen (secondary N) is 2. The molecule has 0 saturated carbocycles. The van der Waals surface area contributed by atoms with E-state index in [1.807, 2.05) is 18.2 Å². The lowest BCUT2D eigenvalue weighted by atomic mass is 9.95. The summed E-state index contributed by atoms with van der Waals surface area (Å²) in [5, 5.41) is 5.36. The standard InChI is InChI=1S/C16H20N2O4/c1-9(2)22-15(19)13-10(3)17-16(20)18-14(13)11-7-5-6-8-12(11)21-4/h5-9,14H,1-4H3,(H2,17,18,20)/t14-/m1/s1. The molecule has 0 unspecified atom stereocenters. The van der Waals surface area contributed by atoms with Gasteiger partial charge < -0.3 is 20.1 Å². The predicted molar refractivity (Wildman–Crippen MR) is 81.3 cm³/mol. The van der Waals surface area contributed by atoms with E-state index in [1.54, 1.807) is 33.9 Å². The Labute approximate surface area is 129 Å². The molecule has 1 aliphatic heterocycles. The molecule has 22 heavy (non-hydrogen) atoms. The third-order valence-electron chi connectivity index (χ3n) is 3.28. The van der Waals surface area contributed by atoms with Crippen LogP contribution in [0.2, 0.25) is 0 Å². The van der Waals surface area contributed by atoms with Crippen LogP contribution in [0, 0.1) is 0 Å². The number of hydrogen-bond acceptors (Lipinski definition) is 4. The van der Waals surface area contributed by atoms with Gasteiger partial charge in [-0.3, -0.25) is 0 Å². The number of allylic oxidation sites excluding steroid dienone is 1. The van der Waals surface area contributed by atoms with Crippen molar-refractivity contribution < 1.29 is 19.1 Å². The summed E-state index contributed by atoms with van der Waals surface area (Å²) in [7, 11) is 1.55. The number of hydrogen-bond donors (Lipinski definition) is 2. The first-order valence-corrected chi connectivity index (χ1v) is 7.06. The minimum Gasteiger partial charge on any atom is -0.496 e. The molecule has 1 aliphatic rings. The number of ether oxygens (including phenoxy) is 2. The van der Waals surface area contributed by atoms with Crippen LogP contribution >= 0.6 is 0 Å². The molecule has 1 atom stereocenters. The van der Waals surface area contributed by atoms with Crippen molar-refractivity contribution in [3.8, 4) is 5.75 Å². The van der Waals surface area contributed by atoms with Crippen LogP contribution in [-0.4, -0.2) is 25.2 Å². The highest BCUT2D eigenvalue weighted by Crippen LogP contribution is 2.33. The third-order valence-corrected chi connectivity index (χ3v) is 3.28. The van der Waals surface area contributed by atoms with Gasteiger partial charge in [-0.05, 0) is 26.8 Å². The average Bonchev–Trinajstić information content (AvgIpc) is 2.45. The van der Waals surface area contributed by atoms with Crippen LogP contribution in [0.1, 0.15) is 32.4 Å². The topological polar surface area (TPSA) is 76.7 Å². The highest BCUT2D eigenvalue weighted by atomic mass is 16.5. The van der Waals surface area contributed by atoms with Crippen LogP contribution in [-0.2, 0) is 9.53 Å². The van der Waals surface area contributed by atoms with E-state index in [4.69, 9.17) is 9.47 Å². The van der Waals surface area contributed by atoms with Gasteiger partial charge in [-0.2, -0.15) is 0 Å². The first-order valence-electron chi connectivity index (χ1n) is 7.06. The maximum Gasteiger partial charge on any atom is 0.338 e. The summed E-state index contributed by atoms with van der Waals surface area (Å²) in [6.45, 7) is 5.24. The summed E-state index contributed by atoms with van der Waals surface area (Å²) in [6.07, 6.45) is -0.247. The van der Waals surface area contributed by atoms with Crippen LogP contribution in [0.25, 0.3) is 0 Å². The summed E-state index contributed by atoms with van der Waals surface area (Å²) in [5.74, 6) is 0.133. The molecule has 2 amide bonds. The van der Waals surface area contributed by atoms with Gasteiger partial charge in [0.05, 0.1) is 24.8 Å². The fourth-order valence-corrected chi connectivity index (χ4v) is 2.38. The van der Waals surface area contributed by atoms with Crippen molar-refractivity contribution in [2.45, 2.75) is 32.9 Å². The normalized spacial score (nSPS) is 17.9. The average molecular weight is 304 g/mol. The Morgan fingerprint density at radius 1 is 1.27 bits per heavy atom. The molecular formula is C16H20N2O4. The molecule has 0 spiro atoms. The van der Waals surface area contributed by atoms with Crippen LogP contribution < -0.4 is 15.4 Å². The van der Waals surface area contributed by atoms with Gasteiger partial charge in [0.2, 0.25) is 0 Å². The molecule has 6 heteroatoms. The molecule has 0 radical (unpaired) electrons. The first-order chi connectivity index (χ1) is 10.4. The van der Waals surface area contributed by atoms with Crippen LogP contribution in [0.3, 0.4) is 0 Å². The Morgan fingerprint density at radius 3 is 2.59 bits per heavy atom. The Hall–Kier alpha value is -2.50. The van der Waals surface area contributed by atoms with Gasteiger partial charge in [-0.15, -0.1) is 0 Å². The molecule has 2 rings (SSSR count). The van der Waals surface area contributed by atoms with E-state index in [2.05, 4.69) is 10.6 Å². The van der Waals surface area contributed by atoms with Crippen molar-refractivity contribution in [3.05, 3.63) is 41.1 Å². The van der Waals surface area contributed by atoms with Gasteiger partial charge in [-0.25, -0.2) is 9.59 Å². The first kappa shape index (κ1) is 15.9. The minimum atomic E-state index is -0.615. The fourth-order valence-electron chi connectivity index (χ4n) is 2.38. The van der Waals surface area contributed by atoms with E-state index in [0.717, 1.165) is 0 Å². The van der Waals surface area contributed by atoms with Gasteiger partial charge in [0.25, 0.3) is 0 Å². The van der Waals surface area contributed by atoms with Crippen LogP contribution in [0.4, 0.5) is 4.79 Å². The quantitative estimate of drug-likeness (QED) is 0.837. The van der Waals surface area contributed by atoms with E-state index >= 15 is 0 Å². The van der Waals surface area contributed by atoms with Crippen molar-refractivity contribution in [1.29, 1.82) is 0 Å². The second-order valence-electron chi connectivity index (χ2n) is 5.27. The van der Waals surface area contributed by atoms with Gasteiger partial charge in [0, 0.05) is 11.3 Å². The molecule has 0 saturated heterocycles. The molecule has 0 fully saturated rings. The molecule has 1 aromatic carbocycles. The van der Waals surface area contributed by atoms with Gasteiger partial charge in [0.15, 0.2) is 0 Å². The molecule has 6 nitrogen and oxygen atoms in total. The number of methoxy groups -OCH3 is 1. The number of amides is 2. The van der Waals surface area contributed by atoms with Crippen LogP contribution in [0.5, 0.6) is 5.75 Å². The van der Waals surface area contributed by atoms with Gasteiger partial charge in [-0.1, -0.05) is 18.2 Å². The van der Waals surface area contributed by atoms with Crippen molar-refractivity contribution >= 4 is 12.0 Å². The molecular weight excluding hydrogens is 284 g/mol. The number of rotatable bonds is 4. The monoisotopic (exact) mass is 304 g/mol. The third kappa shape index (κ3) is 3.21. The van der Waals surface area contributed by atoms with Crippen molar-refractivity contribution in [2.75, 3.05) is 7.11 Å². The number of carbonyl (C=O) groups excluding carboxylic acids is 2. The Bertz CT molecular complexity index is 622.